The summed E-state index contributed by atoms with van der Waals surface area (Å²) in [6.07, 6.45) is 0.600. The SMILES string of the molecule is CNC(Cc1ccc(Cl)cc1F)c1csc(Br)c1. The molecule has 1 atom stereocenters. The van der Waals surface area contributed by atoms with Crippen LogP contribution in [0.4, 0.5) is 4.39 Å². The third-order valence-corrected chi connectivity index (χ3v) is 4.54. The first kappa shape index (κ1) is 14.0. The molecule has 5 heteroatoms. The fraction of sp³-hybridized carbons (Fsp3) is 0.231. The summed E-state index contributed by atoms with van der Waals surface area (Å²) in [4.78, 5) is 0. The maximum Gasteiger partial charge on any atom is 0.127 e. The highest BCUT2D eigenvalue weighted by atomic mass is 79.9. The number of likely N-dealkylation sites (N-methyl/N-ethyl adjacent to an activating group) is 1. The van der Waals surface area contributed by atoms with Gasteiger partial charge in [-0.2, -0.15) is 0 Å². The lowest BCUT2D eigenvalue weighted by atomic mass is 10.0. The maximum absolute atomic E-state index is 13.7. The van der Waals surface area contributed by atoms with Gasteiger partial charge in [-0.1, -0.05) is 17.7 Å². The predicted molar refractivity (Wildman–Crippen MR) is 78.9 cm³/mol. The third kappa shape index (κ3) is 3.32. The Hall–Kier alpha value is -0.420. The number of nitrogens with one attached hydrogen (secondary N) is 1. The lowest BCUT2D eigenvalue weighted by Crippen LogP contribution is -2.18. The minimum Gasteiger partial charge on any atom is -0.313 e. The van der Waals surface area contributed by atoms with Crippen molar-refractivity contribution in [3.05, 3.63) is 55.4 Å². The first-order chi connectivity index (χ1) is 8.60. The van der Waals surface area contributed by atoms with Crippen molar-refractivity contribution in [2.75, 3.05) is 7.05 Å². The van der Waals surface area contributed by atoms with E-state index in [0.29, 0.717) is 17.0 Å². The van der Waals surface area contributed by atoms with Crippen LogP contribution < -0.4 is 5.32 Å². The lowest BCUT2D eigenvalue weighted by molar-refractivity contribution is 0.555. The van der Waals surface area contributed by atoms with E-state index >= 15 is 0 Å². The minimum atomic E-state index is -0.253. The van der Waals surface area contributed by atoms with Crippen LogP contribution in [0.3, 0.4) is 0 Å². The van der Waals surface area contributed by atoms with E-state index < -0.39 is 0 Å². The second-order valence-electron chi connectivity index (χ2n) is 3.97. The monoisotopic (exact) mass is 347 g/mol. The van der Waals surface area contributed by atoms with Gasteiger partial charge in [0.2, 0.25) is 0 Å². The van der Waals surface area contributed by atoms with E-state index in [1.807, 2.05) is 7.05 Å². The summed E-state index contributed by atoms with van der Waals surface area (Å²) in [5.41, 5.74) is 1.82. The largest absolute Gasteiger partial charge is 0.313 e. The van der Waals surface area contributed by atoms with Gasteiger partial charge in [-0.15, -0.1) is 11.3 Å². The molecule has 18 heavy (non-hydrogen) atoms. The Morgan fingerprint density at radius 1 is 1.44 bits per heavy atom. The molecule has 1 aromatic heterocycles. The van der Waals surface area contributed by atoms with Crippen LogP contribution in [-0.4, -0.2) is 7.05 Å². The molecule has 0 radical (unpaired) electrons. The van der Waals surface area contributed by atoms with Crippen LogP contribution in [0.15, 0.2) is 33.4 Å². The van der Waals surface area contributed by atoms with E-state index in [1.165, 1.54) is 6.07 Å². The molecule has 1 heterocycles. The first-order valence-corrected chi connectivity index (χ1v) is 7.50. The first-order valence-electron chi connectivity index (χ1n) is 5.45. The summed E-state index contributed by atoms with van der Waals surface area (Å²) in [6, 6.07) is 6.97. The van der Waals surface area contributed by atoms with E-state index in [4.69, 9.17) is 11.6 Å². The van der Waals surface area contributed by atoms with Crippen LogP contribution in [0.1, 0.15) is 17.2 Å². The molecule has 2 aromatic rings. The smallest absolute Gasteiger partial charge is 0.127 e. The van der Waals surface area contributed by atoms with Gasteiger partial charge >= 0.3 is 0 Å². The van der Waals surface area contributed by atoms with Crippen LogP contribution in [0.2, 0.25) is 5.02 Å². The second kappa shape index (κ2) is 6.15. The van der Waals surface area contributed by atoms with Crippen LogP contribution in [-0.2, 0) is 6.42 Å². The van der Waals surface area contributed by atoms with E-state index in [-0.39, 0.29) is 11.9 Å². The summed E-state index contributed by atoms with van der Waals surface area (Å²) in [6.45, 7) is 0. The predicted octanol–water partition coefficient (Wildman–Crippen LogP) is 4.81. The Kier molecular flexibility index (Phi) is 4.78. The van der Waals surface area contributed by atoms with Gasteiger partial charge in [0.05, 0.1) is 3.79 Å². The Morgan fingerprint density at radius 3 is 2.78 bits per heavy atom. The van der Waals surface area contributed by atoms with E-state index in [1.54, 1.807) is 23.5 Å². The van der Waals surface area contributed by atoms with Gasteiger partial charge in [0.25, 0.3) is 0 Å². The van der Waals surface area contributed by atoms with Gasteiger partial charge in [-0.3, -0.25) is 0 Å². The van der Waals surface area contributed by atoms with Crippen LogP contribution in [0.5, 0.6) is 0 Å². The number of benzene rings is 1. The van der Waals surface area contributed by atoms with Crippen molar-refractivity contribution < 1.29 is 4.39 Å². The Bertz CT molecular complexity index is 544. The Labute approximate surface area is 123 Å². The van der Waals surface area contributed by atoms with Crippen molar-refractivity contribution in [3.63, 3.8) is 0 Å². The molecule has 0 amide bonds. The lowest BCUT2D eigenvalue weighted by Gasteiger charge is -2.15. The average Bonchev–Trinajstić information content (AvgIpc) is 2.75. The zero-order chi connectivity index (χ0) is 13.1. The fourth-order valence-electron chi connectivity index (χ4n) is 1.80. The van der Waals surface area contributed by atoms with Crippen molar-refractivity contribution in [2.24, 2.45) is 0 Å². The van der Waals surface area contributed by atoms with Gasteiger partial charge in [0.15, 0.2) is 0 Å². The third-order valence-electron chi connectivity index (χ3n) is 2.78. The van der Waals surface area contributed by atoms with Gasteiger partial charge in [-0.25, -0.2) is 4.39 Å². The summed E-state index contributed by atoms with van der Waals surface area (Å²) < 4.78 is 14.8. The fourth-order valence-corrected chi connectivity index (χ4v) is 3.19. The summed E-state index contributed by atoms with van der Waals surface area (Å²) in [5.74, 6) is -0.253. The van der Waals surface area contributed by atoms with Crippen LogP contribution >= 0.6 is 38.9 Å². The van der Waals surface area contributed by atoms with Crippen molar-refractivity contribution in [1.29, 1.82) is 0 Å². The van der Waals surface area contributed by atoms with Crippen LogP contribution in [0.25, 0.3) is 0 Å². The zero-order valence-corrected chi connectivity index (χ0v) is 12.9. The second-order valence-corrected chi connectivity index (χ2v) is 6.69. The van der Waals surface area contributed by atoms with Gasteiger partial charge < -0.3 is 5.32 Å². The normalized spacial score (nSPS) is 12.7. The molecule has 0 aliphatic carbocycles. The number of hydrogen-bond acceptors (Lipinski definition) is 2. The average molecular weight is 349 g/mol. The molecule has 0 aliphatic heterocycles. The van der Waals surface area contributed by atoms with Gasteiger partial charge in [0, 0.05) is 11.1 Å². The molecule has 1 nitrogen and oxygen atoms in total. The molecule has 2 rings (SSSR count). The maximum atomic E-state index is 13.7. The summed E-state index contributed by atoms with van der Waals surface area (Å²) >= 11 is 10.8. The van der Waals surface area contributed by atoms with Crippen molar-refractivity contribution in [2.45, 2.75) is 12.5 Å². The van der Waals surface area contributed by atoms with Gasteiger partial charge in [-0.05, 0) is 64.1 Å². The molecule has 96 valence electrons. The molecule has 0 fully saturated rings. The van der Waals surface area contributed by atoms with E-state index in [9.17, 15) is 4.39 Å². The van der Waals surface area contributed by atoms with E-state index in [2.05, 4.69) is 32.7 Å². The zero-order valence-electron chi connectivity index (χ0n) is 9.71. The number of halogens is 3. The molecule has 1 unspecified atom stereocenters. The van der Waals surface area contributed by atoms with Crippen molar-refractivity contribution in [1.82, 2.24) is 5.32 Å². The highest BCUT2D eigenvalue weighted by molar-refractivity contribution is 9.11. The topological polar surface area (TPSA) is 12.0 Å². The molecular formula is C13H12BrClFNS. The van der Waals surface area contributed by atoms with Crippen LogP contribution in [0, 0.1) is 5.82 Å². The van der Waals surface area contributed by atoms with Crippen molar-refractivity contribution >= 4 is 38.9 Å². The minimum absolute atomic E-state index is 0.100. The molecule has 1 aromatic carbocycles. The molecule has 1 N–H and O–H groups in total. The number of hydrogen-bond donors (Lipinski definition) is 1. The van der Waals surface area contributed by atoms with E-state index in [0.717, 1.165) is 9.35 Å². The van der Waals surface area contributed by atoms with Gasteiger partial charge in [0.1, 0.15) is 5.82 Å². The number of thiophene rings is 1. The highest BCUT2D eigenvalue weighted by Gasteiger charge is 2.14. The standard InChI is InChI=1S/C13H12BrClFNS/c1-17-12(9-5-13(14)18-7-9)4-8-2-3-10(15)6-11(8)16/h2-3,5-7,12,17H,4H2,1H3. The molecule has 0 spiro atoms. The quantitative estimate of drug-likeness (QED) is 0.836. The van der Waals surface area contributed by atoms with Crippen molar-refractivity contribution in [3.8, 4) is 0 Å². The Morgan fingerprint density at radius 2 is 2.22 bits per heavy atom. The molecule has 0 bridgehead atoms. The molecular weight excluding hydrogens is 337 g/mol. The Balaban J connectivity index is 2.20. The summed E-state index contributed by atoms with van der Waals surface area (Å²) in [5, 5.41) is 5.70. The molecule has 0 saturated carbocycles. The summed E-state index contributed by atoms with van der Waals surface area (Å²) in [7, 11) is 1.88. The number of rotatable bonds is 4. The highest BCUT2D eigenvalue weighted by Crippen LogP contribution is 2.28. The molecule has 0 saturated heterocycles. The molecule has 0 aliphatic rings.